The zero-order valence-corrected chi connectivity index (χ0v) is 16.9. The smallest absolute Gasteiger partial charge is 0.257 e. The third-order valence-corrected chi connectivity index (χ3v) is 6.98. The van der Waals surface area contributed by atoms with Gasteiger partial charge in [0.2, 0.25) is 15.9 Å². The summed E-state index contributed by atoms with van der Waals surface area (Å²) in [7, 11) is -3.59. The van der Waals surface area contributed by atoms with Crippen molar-refractivity contribution in [2.24, 2.45) is 0 Å². The van der Waals surface area contributed by atoms with Crippen molar-refractivity contribution in [1.29, 1.82) is 0 Å². The number of amides is 1. The zero-order chi connectivity index (χ0) is 19.4. The highest BCUT2D eigenvalue weighted by Crippen LogP contribution is 2.29. The van der Waals surface area contributed by atoms with Crippen LogP contribution in [-0.4, -0.2) is 61.7 Å². The van der Waals surface area contributed by atoms with Crippen LogP contribution < -0.4 is 5.32 Å². The third-order valence-electron chi connectivity index (χ3n) is 4.14. The van der Waals surface area contributed by atoms with E-state index >= 15 is 0 Å². The largest absolute Gasteiger partial charge is 0.431 e. The van der Waals surface area contributed by atoms with E-state index in [9.17, 15) is 13.2 Å². The lowest BCUT2D eigenvalue weighted by Crippen LogP contribution is -2.40. The van der Waals surface area contributed by atoms with Gasteiger partial charge >= 0.3 is 0 Å². The van der Waals surface area contributed by atoms with E-state index in [4.69, 9.17) is 9.15 Å². The van der Waals surface area contributed by atoms with Gasteiger partial charge < -0.3 is 14.5 Å². The first-order valence-electron chi connectivity index (χ1n) is 8.84. The molecule has 27 heavy (non-hydrogen) atoms. The molecule has 1 aliphatic rings. The van der Waals surface area contributed by atoms with Gasteiger partial charge in [0.25, 0.3) is 5.22 Å². The number of ether oxygens (including phenoxy) is 1. The molecule has 0 saturated carbocycles. The molecule has 148 valence electrons. The van der Waals surface area contributed by atoms with Gasteiger partial charge in [-0.1, -0.05) is 18.7 Å². The molecule has 1 atom stereocenters. The van der Waals surface area contributed by atoms with Crippen LogP contribution in [0.1, 0.15) is 20.3 Å². The summed E-state index contributed by atoms with van der Waals surface area (Å²) < 4.78 is 37.8. The van der Waals surface area contributed by atoms with Crippen molar-refractivity contribution in [3.05, 3.63) is 18.2 Å². The number of nitrogens with zero attached hydrogens (tertiary/aromatic N) is 2. The molecular weight excluding hydrogens is 390 g/mol. The predicted molar refractivity (Wildman–Crippen MR) is 102 cm³/mol. The third kappa shape index (κ3) is 4.63. The number of sulfonamides is 1. The maximum Gasteiger partial charge on any atom is 0.257 e. The number of aromatic nitrogens is 1. The van der Waals surface area contributed by atoms with Crippen LogP contribution in [0.2, 0.25) is 0 Å². The van der Waals surface area contributed by atoms with Gasteiger partial charge in [0.05, 0.1) is 23.4 Å². The van der Waals surface area contributed by atoms with E-state index in [2.05, 4.69) is 10.3 Å². The molecule has 0 aliphatic carbocycles. The van der Waals surface area contributed by atoms with Crippen LogP contribution in [0.15, 0.2) is 32.7 Å². The van der Waals surface area contributed by atoms with Crippen molar-refractivity contribution in [3.8, 4) is 0 Å². The van der Waals surface area contributed by atoms with Gasteiger partial charge in [-0.25, -0.2) is 13.4 Å². The molecule has 0 bridgehead atoms. The topological polar surface area (TPSA) is 102 Å². The molecule has 1 fully saturated rings. The summed E-state index contributed by atoms with van der Waals surface area (Å²) in [6.45, 7) is 5.85. The Kier molecular flexibility index (Phi) is 6.40. The van der Waals surface area contributed by atoms with Gasteiger partial charge in [0.15, 0.2) is 5.58 Å². The molecule has 1 aromatic carbocycles. The first-order chi connectivity index (χ1) is 12.9. The normalized spacial score (nSPS) is 17.1. The maximum atomic E-state index is 12.8. The van der Waals surface area contributed by atoms with Crippen LogP contribution in [0, 0.1) is 0 Å². The van der Waals surface area contributed by atoms with E-state index in [0.29, 0.717) is 49.2 Å². The molecule has 0 radical (unpaired) electrons. The summed E-state index contributed by atoms with van der Waals surface area (Å²) in [5, 5.41) is 2.81. The summed E-state index contributed by atoms with van der Waals surface area (Å²) in [5.74, 6) is -0.0836. The molecular formula is C17H23N3O5S2. The predicted octanol–water partition coefficient (Wildman–Crippen LogP) is 1.86. The molecule has 0 unspecified atom stereocenters. The number of rotatable bonds is 7. The SMILES string of the molecule is CCCNC(=O)[C@@H](C)Sc1nc2cc(S(=O)(=O)N3CCOCC3)ccc2o1. The Morgan fingerprint density at radius 3 is 2.81 bits per heavy atom. The summed E-state index contributed by atoms with van der Waals surface area (Å²) in [6.07, 6.45) is 0.867. The van der Waals surface area contributed by atoms with E-state index in [1.54, 1.807) is 13.0 Å². The van der Waals surface area contributed by atoms with Gasteiger partial charge in [-0.3, -0.25) is 4.79 Å². The highest BCUT2D eigenvalue weighted by atomic mass is 32.2. The number of benzene rings is 1. The van der Waals surface area contributed by atoms with Crippen molar-refractivity contribution in [3.63, 3.8) is 0 Å². The summed E-state index contributed by atoms with van der Waals surface area (Å²) in [5.41, 5.74) is 0.938. The summed E-state index contributed by atoms with van der Waals surface area (Å²) in [4.78, 5) is 16.5. The monoisotopic (exact) mass is 413 g/mol. The molecule has 1 aromatic heterocycles. The molecule has 1 amide bonds. The van der Waals surface area contributed by atoms with E-state index in [1.807, 2.05) is 6.92 Å². The van der Waals surface area contributed by atoms with E-state index in [0.717, 1.165) is 6.42 Å². The van der Waals surface area contributed by atoms with E-state index in [-0.39, 0.29) is 16.1 Å². The van der Waals surface area contributed by atoms with Crippen molar-refractivity contribution >= 4 is 38.8 Å². The van der Waals surface area contributed by atoms with Crippen molar-refractivity contribution in [2.45, 2.75) is 35.6 Å². The Bertz CT molecular complexity index is 906. The lowest BCUT2D eigenvalue weighted by molar-refractivity contribution is -0.120. The summed E-state index contributed by atoms with van der Waals surface area (Å²) in [6, 6.07) is 4.63. The number of hydrogen-bond acceptors (Lipinski definition) is 7. The molecule has 2 heterocycles. The molecule has 0 spiro atoms. The van der Waals surface area contributed by atoms with Gasteiger partial charge in [0.1, 0.15) is 5.52 Å². The van der Waals surface area contributed by atoms with Gasteiger partial charge in [-0.2, -0.15) is 4.31 Å². The van der Waals surface area contributed by atoms with Crippen molar-refractivity contribution < 1.29 is 22.4 Å². The van der Waals surface area contributed by atoms with E-state index < -0.39 is 10.0 Å². The van der Waals surface area contributed by atoms with Crippen LogP contribution in [0.25, 0.3) is 11.1 Å². The average Bonchev–Trinajstić information content (AvgIpc) is 3.08. The molecule has 1 N–H and O–H groups in total. The number of morpholine rings is 1. The second kappa shape index (κ2) is 8.59. The lowest BCUT2D eigenvalue weighted by Gasteiger charge is -2.25. The van der Waals surface area contributed by atoms with Gasteiger partial charge in [-0.15, -0.1) is 0 Å². The van der Waals surface area contributed by atoms with Crippen LogP contribution in [0.3, 0.4) is 0 Å². The minimum absolute atomic E-state index is 0.0836. The highest BCUT2D eigenvalue weighted by Gasteiger charge is 2.27. The molecule has 10 heteroatoms. The maximum absolute atomic E-state index is 12.8. The van der Waals surface area contributed by atoms with Gasteiger partial charge in [-0.05, 0) is 31.5 Å². The number of carbonyl (C=O) groups excluding carboxylic acids is 1. The fourth-order valence-electron chi connectivity index (χ4n) is 2.63. The average molecular weight is 414 g/mol. The number of thioether (sulfide) groups is 1. The van der Waals surface area contributed by atoms with Crippen LogP contribution >= 0.6 is 11.8 Å². The fourth-order valence-corrected chi connectivity index (χ4v) is 4.84. The van der Waals surface area contributed by atoms with E-state index in [1.165, 1.54) is 28.2 Å². The van der Waals surface area contributed by atoms with Crippen LogP contribution in [0.4, 0.5) is 0 Å². The Balaban J connectivity index is 1.77. The molecule has 3 rings (SSSR count). The second-order valence-electron chi connectivity index (χ2n) is 6.18. The molecule has 1 aliphatic heterocycles. The lowest BCUT2D eigenvalue weighted by atomic mass is 10.3. The Morgan fingerprint density at radius 1 is 1.37 bits per heavy atom. The molecule has 2 aromatic rings. The number of oxazole rings is 1. The first kappa shape index (κ1) is 20.1. The minimum atomic E-state index is -3.59. The second-order valence-corrected chi connectivity index (χ2v) is 9.41. The van der Waals surface area contributed by atoms with Gasteiger partial charge in [0, 0.05) is 19.6 Å². The highest BCUT2D eigenvalue weighted by molar-refractivity contribution is 8.00. The quantitative estimate of drug-likeness (QED) is 0.691. The number of fused-ring (bicyclic) bond motifs is 1. The Morgan fingerprint density at radius 2 is 2.11 bits per heavy atom. The minimum Gasteiger partial charge on any atom is -0.431 e. The Labute approximate surface area is 162 Å². The Hall–Kier alpha value is -1.62. The summed E-state index contributed by atoms with van der Waals surface area (Å²) >= 11 is 1.20. The number of hydrogen-bond donors (Lipinski definition) is 1. The van der Waals surface area contributed by atoms with Crippen molar-refractivity contribution in [1.82, 2.24) is 14.6 Å². The molecule has 1 saturated heterocycles. The first-order valence-corrected chi connectivity index (χ1v) is 11.2. The van der Waals surface area contributed by atoms with Crippen LogP contribution in [0.5, 0.6) is 0 Å². The molecule has 8 nitrogen and oxygen atoms in total. The number of carbonyl (C=O) groups is 1. The zero-order valence-electron chi connectivity index (χ0n) is 15.3. The number of nitrogens with one attached hydrogen (secondary N) is 1. The standard InChI is InChI=1S/C17H23N3O5S2/c1-3-6-18-16(21)12(2)26-17-19-14-11-13(4-5-15(14)25-17)27(22,23)20-7-9-24-10-8-20/h4-5,11-12H,3,6-10H2,1-2H3,(H,18,21)/t12-/m1/s1. The fraction of sp³-hybridized carbons (Fsp3) is 0.529. The van der Waals surface area contributed by atoms with Crippen LogP contribution in [-0.2, 0) is 19.6 Å². The van der Waals surface area contributed by atoms with Crippen molar-refractivity contribution in [2.75, 3.05) is 32.8 Å².